The molecule has 2 N–H and O–H groups in total. The van der Waals surface area contributed by atoms with Crippen molar-refractivity contribution in [3.63, 3.8) is 0 Å². The molecule has 2 aromatic heterocycles. The number of carbonyl (C=O) groups excluding carboxylic acids is 1. The molecular weight excluding hydrogens is 266 g/mol. The van der Waals surface area contributed by atoms with Gasteiger partial charge in [0.25, 0.3) is 0 Å². The molecular formula is C13H15NO2S2. The van der Waals surface area contributed by atoms with Crippen LogP contribution in [0.3, 0.4) is 0 Å². The zero-order chi connectivity index (χ0) is 13.3. The topological polar surface area (TPSA) is 52.3 Å². The fourth-order valence-corrected chi connectivity index (χ4v) is 3.21. The van der Waals surface area contributed by atoms with Crippen LogP contribution >= 0.6 is 22.7 Å². The Balaban J connectivity index is 2.27. The Morgan fingerprint density at radius 1 is 1.33 bits per heavy atom. The molecule has 0 amide bonds. The lowest BCUT2D eigenvalue weighted by atomic mass is 10.2. The van der Waals surface area contributed by atoms with Crippen molar-refractivity contribution in [2.24, 2.45) is 0 Å². The lowest BCUT2D eigenvalue weighted by Crippen LogP contribution is -2.23. The van der Waals surface area contributed by atoms with Gasteiger partial charge in [0.15, 0.2) is 0 Å². The number of nitrogen functional groups attached to an aromatic ring is 1. The second kappa shape index (κ2) is 4.74. The Kier molecular flexibility index (Phi) is 3.45. The standard InChI is InChI=1S/C13H15NO2S2/c1-13(2,3)16-12(15)11-8(14)7-10(18-11)9-5-4-6-17-9/h4-7H,14H2,1-3H3. The smallest absolute Gasteiger partial charge is 0.350 e. The van der Waals surface area contributed by atoms with E-state index in [0.29, 0.717) is 10.6 Å². The van der Waals surface area contributed by atoms with E-state index in [1.807, 2.05) is 44.4 Å². The molecule has 96 valence electrons. The van der Waals surface area contributed by atoms with E-state index in [-0.39, 0.29) is 5.97 Å². The normalized spacial score (nSPS) is 11.5. The number of carbonyl (C=O) groups is 1. The lowest BCUT2D eigenvalue weighted by molar-refractivity contribution is 0.00764. The van der Waals surface area contributed by atoms with E-state index in [1.165, 1.54) is 11.3 Å². The SMILES string of the molecule is CC(C)(C)OC(=O)c1sc(-c2cccs2)cc1N. The van der Waals surface area contributed by atoms with Gasteiger partial charge in [-0.05, 0) is 38.3 Å². The average molecular weight is 281 g/mol. The molecule has 18 heavy (non-hydrogen) atoms. The van der Waals surface area contributed by atoms with Gasteiger partial charge in [0.05, 0.1) is 5.69 Å². The summed E-state index contributed by atoms with van der Waals surface area (Å²) in [4.78, 5) is 14.6. The highest BCUT2D eigenvalue weighted by atomic mass is 32.1. The first-order valence-electron chi connectivity index (χ1n) is 5.53. The quantitative estimate of drug-likeness (QED) is 0.846. The molecule has 0 radical (unpaired) electrons. The van der Waals surface area contributed by atoms with E-state index in [2.05, 4.69) is 0 Å². The van der Waals surface area contributed by atoms with Crippen LogP contribution < -0.4 is 5.73 Å². The highest BCUT2D eigenvalue weighted by Gasteiger charge is 2.22. The maximum Gasteiger partial charge on any atom is 0.350 e. The minimum absolute atomic E-state index is 0.354. The lowest BCUT2D eigenvalue weighted by Gasteiger charge is -2.18. The molecule has 0 atom stereocenters. The van der Waals surface area contributed by atoms with Gasteiger partial charge in [-0.15, -0.1) is 22.7 Å². The second-order valence-corrected chi connectivity index (χ2v) is 6.87. The summed E-state index contributed by atoms with van der Waals surface area (Å²) in [5, 5.41) is 2.00. The van der Waals surface area contributed by atoms with Gasteiger partial charge in [0.2, 0.25) is 0 Å². The summed E-state index contributed by atoms with van der Waals surface area (Å²) in [5.41, 5.74) is 5.86. The van der Waals surface area contributed by atoms with Crippen LogP contribution in [0.2, 0.25) is 0 Å². The Bertz CT molecular complexity index is 550. The molecule has 0 bridgehead atoms. The molecule has 2 heterocycles. The zero-order valence-corrected chi connectivity index (χ0v) is 12.2. The number of ether oxygens (including phenoxy) is 1. The first-order valence-corrected chi connectivity index (χ1v) is 7.23. The van der Waals surface area contributed by atoms with Gasteiger partial charge in [0, 0.05) is 9.75 Å². The largest absolute Gasteiger partial charge is 0.456 e. The van der Waals surface area contributed by atoms with Crippen LogP contribution in [0.1, 0.15) is 30.4 Å². The van der Waals surface area contributed by atoms with E-state index in [0.717, 1.165) is 9.75 Å². The van der Waals surface area contributed by atoms with Crippen LogP contribution in [-0.2, 0) is 4.74 Å². The van der Waals surface area contributed by atoms with Gasteiger partial charge < -0.3 is 10.5 Å². The summed E-state index contributed by atoms with van der Waals surface area (Å²) in [6, 6.07) is 5.81. The summed E-state index contributed by atoms with van der Waals surface area (Å²) in [5.74, 6) is -0.354. The first kappa shape index (κ1) is 13.1. The van der Waals surface area contributed by atoms with Crippen molar-refractivity contribution in [2.45, 2.75) is 26.4 Å². The molecule has 3 nitrogen and oxygen atoms in total. The second-order valence-electron chi connectivity index (χ2n) is 4.87. The number of anilines is 1. The molecule has 0 fully saturated rings. The summed E-state index contributed by atoms with van der Waals surface area (Å²) < 4.78 is 5.33. The monoisotopic (exact) mass is 281 g/mol. The zero-order valence-electron chi connectivity index (χ0n) is 10.5. The molecule has 0 aliphatic rings. The van der Waals surface area contributed by atoms with Crippen molar-refractivity contribution in [3.05, 3.63) is 28.5 Å². The maximum atomic E-state index is 12.0. The number of nitrogens with two attached hydrogens (primary N) is 1. The molecule has 2 rings (SSSR count). The maximum absolute atomic E-state index is 12.0. The summed E-state index contributed by atoms with van der Waals surface area (Å²) in [6.07, 6.45) is 0. The van der Waals surface area contributed by atoms with Crippen LogP contribution in [0, 0.1) is 0 Å². The first-order chi connectivity index (χ1) is 8.37. The Morgan fingerprint density at radius 3 is 2.61 bits per heavy atom. The summed E-state index contributed by atoms with van der Waals surface area (Å²) >= 11 is 3.00. The van der Waals surface area contributed by atoms with Gasteiger partial charge in [-0.2, -0.15) is 0 Å². The van der Waals surface area contributed by atoms with E-state index in [4.69, 9.17) is 10.5 Å². The van der Waals surface area contributed by atoms with E-state index < -0.39 is 5.60 Å². The average Bonchev–Trinajstić information content (AvgIpc) is 2.82. The van der Waals surface area contributed by atoms with Crippen LogP contribution in [0.4, 0.5) is 5.69 Å². The fourth-order valence-electron chi connectivity index (χ4n) is 1.43. The summed E-state index contributed by atoms with van der Waals surface area (Å²) in [6.45, 7) is 5.53. The van der Waals surface area contributed by atoms with Crippen molar-refractivity contribution in [1.29, 1.82) is 0 Å². The van der Waals surface area contributed by atoms with Crippen LogP contribution in [0.5, 0.6) is 0 Å². The van der Waals surface area contributed by atoms with Gasteiger partial charge in [-0.1, -0.05) is 6.07 Å². The molecule has 0 aliphatic heterocycles. The van der Waals surface area contributed by atoms with E-state index >= 15 is 0 Å². The molecule has 2 aromatic rings. The predicted molar refractivity (Wildman–Crippen MR) is 77.2 cm³/mol. The highest BCUT2D eigenvalue weighted by Crippen LogP contribution is 2.36. The highest BCUT2D eigenvalue weighted by molar-refractivity contribution is 7.22. The van der Waals surface area contributed by atoms with E-state index in [9.17, 15) is 4.79 Å². The van der Waals surface area contributed by atoms with E-state index in [1.54, 1.807) is 11.3 Å². The minimum atomic E-state index is -0.503. The summed E-state index contributed by atoms with van der Waals surface area (Å²) in [7, 11) is 0. The molecule has 5 heteroatoms. The Morgan fingerprint density at radius 2 is 2.06 bits per heavy atom. The molecule has 0 aromatic carbocycles. The fraction of sp³-hybridized carbons (Fsp3) is 0.308. The third kappa shape index (κ3) is 2.91. The molecule has 0 saturated heterocycles. The number of rotatable bonds is 2. The van der Waals surface area contributed by atoms with Crippen molar-refractivity contribution < 1.29 is 9.53 Å². The molecule has 0 unspecified atom stereocenters. The van der Waals surface area contributed by atoms with Crippen LogP contribution in [-0.4, -0.2) is 11.6 Å². The van der Waals surface area contributed by atoms with Crippen LogP contribution in [0.25, 0.3) is 9.75 Å². The molecule has 0 saturated carbocycles. The number of esters is 1. The van der Waals surface area contributed by atoms with Crippen molar-refractivity contribution >= 4 is 34.3 Å². The molecule has 0 aliphatic carbocycles. The third-order valence-electron chi connectivity index (χ3n) is 2.11. The van der Waals surface area contributed by atoms with Crippen molar-refractivity contribution in [1.82, 2.24) is 0 Å². The minimum Gasteiger partial charge on any atom is -0.456 e. The van der Waals surface area contributed by atoms with Crippen LogP contribution in [0.15, 0.2) is 23.6 Å². The van der Waals surface area contributed by atoms with Gasteiger partial charge in [-0.3, -0.25) is 0 Å². The Hall–Kier alpha value is -1.33. The van der Waals surface area contributed by atoms with Gasteiger partial charge >= 0.3 is 5.97 Å². The van der Waals surface area contributed by atoms with Crippen molar-refractivity contribution in [3.8, 4) is 9.75 Å². The number of thiophene rings is 2. The Labute approximate surface area is 114 Å². The van der Waals surface area contributed by atoms with Crippen molar-refractivity contribution in [2.75, 3.05) is 5.73 Å². The predicted octanol–water partition coefficient (Wildman–Crippen LogP) is 4.01. The third-order valence-corrected chi connectivity index (χ3v) is 4.31. The van der Waals surface area contributed by atoms with Gasteiger partial charge in [-0.25, -0.2) is 4.79 Å². The number of hydrogen-bond donors (Lipinski definition) is 1. The van der Waals surface area contributed by atoms with Gasteiger partial charge in [0.1, 0.15) is 10.5 Å². The molecule has 0 spiro atoms. The number of hydrogen-bond acceptors (Lipinski definition) is 5.